The lowest BCUT2D eigenvalue weighted by Crippen LogP contribution is -1.94. The number of nitrogens with zero attached hydrogens (tertiary/aromatic N) is 6. The Morgan fingerprint density at radius 2 is 1.06 bits per heavy atom. The van der Waals surface area contributed by atoms with Crippen LogP contribution in [0.1, 0.15) is 32.0 Å². The fourth-order valence-corrected chi connectivity index (χ4v) is 6.48. The van der Waals surface area contributed by atoms with Gasteiger partial charge in [0.25, 0.3) is 0 Å². The summed E-state index contributed by atoms with van der Waals surface area (Å²) in [4.78, 5) is 28.5. The fourth-order valence-electron chi connectivity index (χ4n) is 5.11. The van der Waals surface area contributed by atoms with E-state index >= 15 is 0 Å². The zero-order valence-electron chi connectivity index (χ0n) is 29.2. The van der Waals surface area contributed by atoms with Crippen LogP contribution in [0, 0.1) is 41.5 Å². The molecule has 0 saturated carbocycles. The Morgan fingerprint density at radius 1 is 0.510 bits per heavy atom. The summed E-state index contributed by atoms with van der Waals surface area (Å²) >= 11 is 9.05. The SMILES string of the molecule is Cc1ccc(-c2cnc3ccc(Cl)nc3c2)cc1C.Cc1cnc(N)s1.Cc1cnc(Nc2ccc3ncc(-c4ccc(C)c(C)c4)cc3n2)s1. The molecule has 256 valence electrons. The van der Waals surface area contributed by atoms with Crippen molar-refractivity contribution in [3.05, 3.63) is 135 Å². The number of hydrogen-bond donors (Lipinski definition) is 2. The monoisotopic (exact) mass is 728 g/mol. The molecule has 0 bridgehead atoms. The Kier molecular flexibility index (Phi) is 11.0. The fraction of sp³-hybridized carbons (Fsp3) is 0.150. The smallest absolute Gasteiger partial charge is 0.188 e. The first kappa shape index (κ1) is 35.5. The first-order valence-electron chi connectivity index (χ1n) is 16.2. The molecule has 0 fully saturated rings. The molecule has 0 aliphatic rings. The standard InChI is InChI=1S/C20H18N4S.C16H13ClN2.C4H6N2S/c1-12-4-5-15(8-13(12)2)16-9-18-17(21-11-16)6-7-19(23-18)24-20-22-10-14(3)25-20;1-10-3-4-12(7-11(10)2)13-8-15-14(18-9-13)5-6-16(17)19-15;1-3-2-6-4(5)7-3/h4-11H,1-3H3,(H,22,23,24);3-9H,1-2H3;2H,1H3,(H2,5,6). The topological polar surface area (TPSA) is 115 Å². The molecule has 2 aromatic carbocycles. The number of anilines is 3. The van der Waals surface area contributed by atoms with Crippen molar-refractivity contribution in [2.45, 2.75) is 41.5 Å². The summed E-state index contributed by atoms with van der Waals surface area (Å²) in [5.41, 5.74) is 18.3. The van der Waals surface area contributed by atoms with Gasteiger partial charge in [-0.05, 0) is 111 Å². The van der Waals surface area contributed by atoms with E-state index in [-0.39, 0.29) is 0 Å². The van der Waals surface area contributed by atoms with Crippen LogP contribution in [-0.2, 0) is 0 Å². The number of hydrogen-bond acceptors (Lipinski definition) is 10. The molecule has 0 amide bonds. The molecule has 0 unspecified atom stereocenters. The van der Waals surface area contributed by atoms with Gasteiger partial charge in [0, 0.05) is 45.7 Å². The van der Waals surface area contributed by atoms with Gasteiger partial charge < -0.3 is 11.1 Å². The number of thiazole rings is 2. The van der Waals surface area contributed by atoms with Crippen LogP contribution in [0.5, 0.6) is 0 Å². The molecule has 0 spiro atoms. The second-order valence-corrected chi connectivity index (χ2v) is 15.1. The Hall–Kier alpha value is -5.29. The van der Waals surface area contributed by atoms with Gasteiger partial charge in [0.05, 0.1) is 22.1 Å². The number of nitrogens with two attached hydrogens (primary N) is 1. The second-order valence-electron chi connectivity index (χ2n) is 12.2. The highest BCUT2D eigenvalue weighted by atomic mass is 35.5. The molecule has 0 aliphatic carbocycles. The molecule has 51 heavy (non-hydrogen) atoms. The van der Waals surface area contributed by atoms with E-state index in [0.717, 1.165) is 60.1 Å². The number of fused-ring (bicyclic) bond motifs is 2. The van der Waals surface area contributed by atoms with E-state index in [4.69, 9.17) is 22.3 Å². The summed E-state index contributed by atoms with van der Waals surface area (Å²) in [6.45, 7) is 12.5. The highest BCUT2D eigenvalue weighted by Gasteiger charge is 2.07. The van der Waals surface area contributed by atoms with Crippen LogP contribution in [0.4, 0.5) is 16.1 Å². The van der Waals surface area contributed by atoms with Crippen LogP contribution in [0.15, 0.2) is 97.6 Å². The van der Waals surface area contributed by atoms with Crippen molar-refractivity contribution in [3.63, 3.8) is 0 Å². The van der Waals surface area contributed by atoms with E-state index in [9.17, 15) is 0 Å². The van der Waals surface area contributed by atoms with Crippen LogP contribution in [-0.4, -0.2) is 29.9 Å². The molecular formula is C40H37ClN8S2. The molecule has 6 heterocycles. The largest absolute Gasteiger partial charge is 0.375 e. The predicted octanol–water partition coefficient (Wildman–Crippen LogP) is 11.0. The third-order valence-electron chi connectivity index (χ3n) is 8.22. The van der Waals surface area contributed by atoms with Crippen LogP contribution in [0.25, 0.3) is 44.3 Å². The normalized spacial score (nSPS) is 10.7. The summed E-state index contributed by atoms with van der Waals surface area (Å²) in [6.07, 6.45) is 7.40. The van der Waals surface area contributed by atoms with Gasteiger partial charge in [-0.1, -0.05) is 48.0 Å². The maximum Gasteiger partial charge on any atom is 0.188 e. The van der Waals surface area contributed by atoms with Crippen molar-refractivity contribution in [3.8, 4) is 22.3 Å². The minimum Gasteiger partial charge on any atom is -0.375 e. The predicted molar refractivity (Wildman–Crippen MR) is 215 cm³/mol. The summed E-state index contributed by atoms with van der Waals surface area (Å²) < 4.78 is 0. The molecule has 3 N–H and O–H groups in total. The number of rotatable bonds is 4. The van der Waals surface area contributed by atoms with E-state index in [1.165, 1.54) is 38.5 Å². The number of aryl methyl sites for hydroxylation is 6. The lowest BCUT2D eigenvalue weighted by Gasteiger charge is -2.07. The van der Waals surface area contributed by atoms with Gasteiger partial charge >= 0.3 is 0 Å². The molecule has 0 radical (unpaired) electrons. The number of aromatic nitrogens is 6. The molecule has 11 heteroatoms. The van der Waals surface area contributed by atoms with Crippen molar-refractivity contribution in [2.75, 3.05) is 11.1 Å². The van der Waals surface area contributed by atoms with Gasteiger partial charge in [0.15, 0.2) is 10.3 Å². The lowest BCUT2D eigenvalue weighted by molar-refractivity contribution is 1.30. The van der Waals surface area contributed by atoms with Crippen molar-refractivity contribution >= 4 is 72.4 Å². The molecule has 8 aromatic rings. The highest BCUT2D eigenvalue weighted by Crippen LogP contribution is 2.27. The van der Waals surface area contributed by atoms with Gasteiger partial charge in [-0.15, -0.1) is 22.7 Å². The number of nitrogens with one attached hydrogen (secondary N) is 1. The van der Waals surface area contributed by atoms with Crippen LogP contribution in [0.3, 0.4) is 0 Å². The average Bonchev–Trinajstić information content (AvgIpc) is 3.72. The summed E-state index contributed by atoms with van der Waals surface area (Å²) in [5.74, 6) is 0.779. The number of nitrogen functional groups attached to an aromatic ring is 1. The van der Waals surface area contributed by atoms with Gasteiger partial charge in [-0.2, -0.15) is 0 Å². The quantitative estimate of drug-likeness (QED) is 0.172. The minimum atomic E-state index is 0.492. The molecule has 8 rings (SSSR count). The van der Waals surface area contributed by atoms with Crippen LogP contribution >= 0.6 is 34.3 Å². The summed E-state index contributed by atoms with van der Waals surface area (Å²) in [6, 6.07) is 24.5. The van der Waals surface area contributed by atoms with Gasteiger partial charge in [0.2, 0.25) is 0 Å². The molecule has 0 aliphatic heterocycles. The summed E-state index contributed by atoms with van der Waals surface area (Å²) in [7, 11) is 0. The van der Waals surface area contributed by atoms with Crippen LogP contribution in [0.2, 0.25) is 5.15 Å². The van der Waals surface area contributed by atoms with Crippen molar-refractivity contribution < 1.29 is 0 Å². The maximum absolute atomic E-state index is 5.92. The van der Waals surface area contributed by atoms with Crippen molar-refractivity contribution in [1.29, 1.82) is 0 Å². The van der Waals surface area contributed by atoms with E-state index in [0.29, 0.717) is 10.3 Å². The Bertz CT molecular complexity index is 2460. The molecule has 0 atom stereocenters. The van der Waals surface area contributed by atoms with E-state index in [2.05, 4.69) is 100 Å². The lowest BCUT2D eigenvalue weighted by atomic mass is 10.0. The average molecular weight is 729 g/mol. The number of pyridine rings is 4. The second kappa shape index (κ2) is 15.7. The Balaban J connectivity index is 0.000000151. The first-order chi connectivity index (χ1) is 24.5. The zero-order valence-corrected chi connectivity index (χ0v) is 31.6. The Morgan fingerprint density at radius 3 is 1.55 bits per heavy atom. The van der Waals surface area contributed by atoms with Crippen LogP contribution < -0.4 is 11.1 Å². The molecule has 6 aromatic heterocycles. The minimum absolute atomic E-state index is 0.492. The van der Waals surface area contributed by atoms with E-state index < -0.39 is 0 Å². The van der Waals surface area contributed by atoms with Gasteiger partial charge in [-0.3, -0.25) is 9.97 Å². The zero-order chi connectivity index (χ0) is 36.1. The summed E-state index contributed by atoms with van der Waals surface area (Å²) in [5, 5.41) is 5.25. The van der Waals surface area contributed by atoms with E-state index in [1.54, 1.807) is 23.6 Å². The van der Waals surface area contributed by atoms with Gasteiger partial charge in [-0.25, -0.2) is 19.9 Å². The molecule has 0 saturated heterocycles. The van der Waals surface area contributed by atoms with Crippen molar-refractivity contribution in [1.82, 2.24) is 29.9 Å². The Labute approximate surface area is 310 Å². The highest BCUT2D eigenvalue weighted by molar-refractivity contribution is 7.15. The van der Waals surface area contributed by atoms with Gasteiger partial charge in [0.1, 0.15) is 11.0 Å². The maximum atomic E-state index is 5.92. The molecular weight excluding hydrogens is 692 g/mol. The van der Waals surface area contributed by atoms with E-state index in [1.807, 2.05) is 56.7 Å². The third-order valence-corrected chi connectivity index (χ3v) is 10.00. The molecule has 8 nitrogen and oxygen atoms in total. The third kappa shape index (κ3) is 9.09. The van der Waals surface area contributed by atoms with Crippen molar-refractivity contribution in [2.24, 2.45) is 0 Å². The number of benzene rings is 2. The first-order valence-corrected chi connectivity index (χ1v) is 18.2. The number of halogens is 1.